The number of alkyl halides is 2. The number of amides is 1. The van der Waals surface area contributed by atoms with E-state index in [1.807, 2.05) is 13.8 Å². The Morgan fingerprint density at radius 3 is 2.54 bits per heavy atom. The fraction of sp³-hybridized carbons (Fsp3) is 0.471. The molecule has 0 unspecified atom stereocenters. The smallest absolute Gasteiger partial charge is 0.424 e. The molecule has 0 aromatic heterocycles. The van der Waals surface area contributed by atoms with Crippen LogP contribution >= 0.6 is 0 Å². The summed E-state index contributed by atoms with van der Waals surface area (Å²) in [6.07, 6.45) is -0.0900. The van der Waals surface area contributed by atoms with E-state index in [1.165, 1.54) is 19.2 Å². The summed E-state index contributed by atoms with van der Waals surface area (Å²) in [6.45, 7) is 7.17. The van der Waals surface area contributed by atoms with Crippen LogP contribution in [0.3, 0.4) is 0 Å². The van der Waals surface area contributed by atoms with E-state index in [9.17, 15) is 13.6 Å². The highest BCUT2D eigenvalue weighted by Crippen LogP contribution is 2.34. The molecule has 1 aromatic carbocycles. The van der Waals surface area contributed by atoms with E-state index < -0.39 is 18.1 Å². The molecule has 1 fully saturated rings. The minimum absolute atomic E-state index is 0.0535. The van der Waals surface area contributed by atoms with Gasteiger partial charge in [0.15, 0.2) is 0 Å². The number of methoxy groups -OCH3 is 1. The zero-order valence-electron chi connectivity index (χ0n) is 14.0. The first-order valence-electron chi connectivity index (χ1n) is 7.67. The summed E-state index contributed by atoms with van der Waals surface area (Å²) in [4.78, 5) is 11.9. The molecule has 2 rings (SSSR count). The Morgan fingerprint density at radius 2 is 2.04 bits per heavy atom. The van der Waals surface area contributed by atoms with Gasteiger partial charge in [-0.3, -0.25) is 0 Å². The maximum atomic E-state index is 14.4. The largest absolute Gasteiger partial charge is 0.497 e. The molecule has 0 radical (unpaired) electrons. The number of ether oxygens (including phenoxy) is 2. The van der Waals surface area contributed by atoms with Crippen molar-refractivity contribution < 1.29 is 23.0 Å². The first-order valence-corrected chi connectivity index (χ1v) is 7.67. The Morgan fingerprint density at radius 1 is 1.42 bits per heavy atom. The quantitative estimate of drug-likeness (QED) is 0.772. The molecule has 1 aromatic rings. The van der Waals surface area contributed by atoms with E-state index in [0.29, 0.717) is 17.4 Å². The van der Waals surface area contributed by atoms with Crippen LogP contribution in [0.1, 0.15) is 25.5 Å². The van der Waals surface area contributed by atoms with Crippen LogP contribution in [-0.2, 0) is 4.74 Å². The predicted octanol–water partition coefficient (Wildman–Crippen LogP) is 3.54. The minimum Gasteiger partial charge on any atom is -0.497 e. The first kappa shape index (κ1) is 18.2. The van der Waals surface area contributed by atoms with Gasteiger partial charge in [-0.2, -0.15) is 8.78 Å². The maximum Gasteiger partial charge on any atom is 0.424 e. The highest BCUT2D eigenvalue weighted by atomic mass is 19.3. The number of cyclic esters (lactones) is 1. The number of nitrogens with zero attached hydrogens (tertiary/aromatic N) is 1. The van der Waals surface area contributed by atoms with Crippen molar-refractivity contribution >= 4 is 6.09 Å². The molecule has 1 heterocycles. The standard InChI is InChI=1S/C17H22F2N2O3/c1-5-17(18,19)15(12-6-8-13(23-4)9-7-12)20-21-14(11(2)3)10-24-16(21)22/h5-9,11,14-15,20H,1,10H2,2-4H3/t14-,15-/m1/s1. The Hall–Kier alpha value is -2.15. The molecular weight excluding hydrogens is 318 g/mol. The molecule has 0 spiro atoms. The average molecular weight is 340 g/mol. The van der Waals surface area contributed by atoms with E-state index >= 15 is 0 Å². The lowest BCUT2D eigenvalue weighted by Gasteiger charge is -2.33. The molecule has 1 saturated heterocycles. The Kier molecular flexibility index (Phi) is 5.43. The average Bonchev–Trinajstić information content (AvgIpc) is 2.93. The van der Waals surface area contributed by atoms with Gasteiger partial charge in [-0.25, -0.2) is 15.2 Å². The zero-order valence-corrected chi connectivity index (χ0v) is 14.0. The number of hydrazine groups is 1. The third kappa shape index (κ3) is 3.67. The fourth-order valence-electron chi connectivity index (χ4n) is 2.51. The summed E-state index contributed by atoms with van der Waals surface area (Å²) in [5.41, 5.74) is 2.95. The zero-order chi connectivity index (χ0) is 17.9. The Labute approximate surface area is 140 Å². The molecule has 24 heavy (non-hydrogen) atoms. The molecule has 0 bridgehead atoms. The van der Waals surface area contributed by atoms with Crippen molar-refractivity contribution in [3.05, 3.63) is 42.5 Å². The number of benzene rings is 1. The van der Waals surface area contributed by atoms with Gasteiger partial charge >= 0.3 is 6.09 Å². The number of hydrogen-bond acceptors (Lipinski definition) is 4. The van der Waals surface area contributed by atoms with Gasteiger partial charge in [-0.1, -0.05) is 32.6 Å². The van der Waals surface area contributed by atoms with Crippen molar-refractivity contribution in [2.75, 3.05) is 13.7 Å². The second-order valence-electron chi connectivity index (χ2n) is 5.97. The second kappa shape index (κ2) is 7.17. The molecule has 1 N–H and O–H groups in total. The van der Waals surface area contributed by atoms with Crippen LogP contribution in [-0.4, -0.2) is 36.8 Å². The summed E-state index contributed by atoms with van der Waals surface area (Å²) in [5.74, 6) is -2.66. The highest BCUT2D eigenvalue weighted by Gasteiger charge is 2.43. The highest BCUT2D eigenvalue weighted by molar-refractivity contribution is 5.69. The SMILES string of the molecule is C=CC(F)(F)[C@H](NN1C(=O)OC[C@@H]1C(C)C)c1ccc(OC)cc1. The summed E-state index contributed by atoms with van der Waals surface area (Å²) < 4.78 is 38.8. The van der Waals surface area contributed by atoms with Crippen LogP contribution in [0.4, 0.5) is 13.6 Å². The number of carbonyl (C=O) groups excluding carboxylic acids is 1. The first-order chi connectivity index (χ1) is 11.3. The fourth-order valence-corrected chi connectivity index (χ4v) is 2.51. The normalized spacial score (nSPS) is 19.3. The van der Waals surface area contributed by atoms with Crippen molar-refractivity contribution in [1.82, 2.24) is 10.4 Å². The van der Waals surface area contributed by atoms with Crippen molar-refractivity contribution in [2.45, 2.75) is 31.9 Å². The lowest BCUT2D eigenvalue weighted by atomic mass is 10.0. The molecule has 7 heteroatoms. The van der Waals surface area contributed by atoms with Crippen LogP contribution in [0.5, 0.6) is 5.75 Å². The van der Waals surface area contributed by atoms with Crippen molar-refractivity contribution in [3.63, 3.8) is 0 Å². The van der Waals surface area contributed by atoms with E-state index in [0.717, 1.165) is 5.01 Å². The lowest BCUT2D eigenvalue weighted by molar-refractivity contribution is -0.0188. The maximum absolute atomic E-state index is 14.4. The Balaban J connectivity index is 2.32. The van der Waals surface area contributed by atoms with Gasteiger partial charge in [0.05, 0.1) is 13.2 Å². The molecule has 132 valence electrons. The molecule has 0 aliphatic carbocycles. The minimum atomic E-state index is -3.26. The van der Waals surface area contributed by atoms with Crippen molar-refractivity contribution in [3.8, 4) is 5.75 Å². The van der Waals surface area contributed by atoms with Gasteiger partial charge in [0.25, 0.3) is 5.92 Å². The van der Waals surface area contributed by atoms with E-state index in [1.54, 1.807) is 12.1 Å². The monoisotopic (exact) mass is 340 g/mol. The van der Waals surface area contributed by atoms with Gasteiger partial charge in [-0.05, 0) is 29.7 Å². The van der Waals surface area contributed by atoms with Gasteiger partial charge in [0.2, 0.25) is 0 Å². The summed E-state index contributed by atoms with van der Waals surface area (Å²) in [6, 6.07) is 4.46. The molecule has 5 nitrogen and oxygen atoms in total. The third-order valence-electron chi connectivity index (χ3n) is 4.05. The second-order valence-corrected chi connectivity index (χ2v) is 5.97. The van der Waals surface area contributed by atoms with Crippen LogP contribution in [0, 0.1) is 5.92 Å². The van der Waals surface area contributed by atoms with Gasteiger partial charge in [0, 0.05) is 0 Å². The van der Waals surface area contributed by atoms with E-state index in [2.05, 4.69) is 12.0 Å². The van der Waals surface area contributed by atoms with Gasteiger partial charge in [-0.15, -0.1) is 0 Å². The number of carbonyl (C=O) groups is 1. The van der Waals surface area contributed by atoms with Crippen LogP contribution in [0.15, 0.2) is 36.9 Å². The molecule has 0 saturated carbocycles. The molecule has 1 aliphatic heterocycles. The third-order valence-corrected chi connectivity index (χ3v) is 4.05. The van der Waals surface area contributed by atoms with Gasteiger partial charge < -0.3 is 9.47 Å². The molecular formula is C17H22F2N2O3. The lowest BCUT2D eigenvalue weighted by Crippen LogP contribution is -2.52. The van der Waals surface area contributed by atoms with Crippen molar-refractivity contribution in [2.24, 2.45) is 5.92 Å². The van der Waals surface area contributed by atoms with Crippen LogP contribution in [0.25, 0.3) is 0 Å². The number of halogens is 2. The number of hydrogen-bond donors (Lipinski definition) is 1. The van der Waals surface area contributed by atoms with Crippen LogP contribution in [0.2, 0.25) is 0 Å². The van der Waals surface area contributed by atoms with Crippen LogP contribution < -0.4 is 10.2 Å². The van der Waals surface area contributed by atoms with Crippen molar-refractivity contribution in [1.29, 1.82) is 0 Å². The molecule has 2 atom stereocenters. The number of rotatable bonds is 7. The molecule has 1 amide bonds. The number of nitrogens with one attached hydrogen (secondary N) is 1. The van der Waals surface area contributed by atoms with E-state index in [-0.39, 0.29) is 18.6 Å². The summed E-state index contributed by atoms with van der Waals surface area (Å²) in [5, 5.41) is 1.15. The Bertz CT molecular complexity index is 590. The molecule has 1 aliphatic rings. The van der Waals surface area contributed by atoms with Gasteiger partial charge in [0.1, 0.15) is 18.4 Å². The van der Waals surface area contributed by atoms with E-state index in [4.69, 9.17) is 9.47 Å². The summed E-state index contributed by atoms with van der Waals surface area (Å²) in [7, 11) is 1.50. The summed E-state index contributed by atoms with van der Waals surface area (Å²) >= 11 is 0. The predicted molar refractivity (Wildman–Crippen MR) is 85.8 cm³/mol. The topological polar surface area (TPSA) is 50.8 Å².